The number of ether oxygens (including phenoxy) is 1. The third kappa shape index (κ3) is 5.18. The lowest BCUT2D eigenvalue weighted by Crippen LogP contribution is -2.39. The summed E-state index contributed by atoms with van der Waals surface area (Å²) in [6.45, 7) is 5.94. The van der Waals surface area contributed by atoms with E-state index < -0.39 is 28.6 Å². The molecule has 0 unspecified atom stereocenters. The second-order valence-electron chi connectivity index (χ2n) is 9.97. The van der Waals surface area contributed by atoms with Crippen molar-refractivity contribution in [3.05, 3.63) is 40.6 Å². The molecule has 1 fully saturated rings. The number of rotatable bonds is 4. The highest BCUT2D eigenvalue weighted by Gasteiger charge is 2.31. The summed E-state index contributed by atoms with van der Waals surface area (Å²) < 4.78 is 30.1. The van der Waals surface area contributed by atoms with Crippen LogP contribution in [0.3, 0.4) is 0 Å². The average molecular weight is 476 g/mol. The average Bonchev–Trinajstić information content (AvgIpc) is 3.46. The standard InChI is InChI=1S/C24H33N3O5S/c1-24(2,3)32-23(29)26-13-6-9-18(26)12-14-27(33(30)31)22(28)25-21-19-10-4-7-16(19)15-17-8-5-11-20(17)21/h12,14-15,18,33H,4-11,13H2,1-3H3,(H,25,28)/b14-12+/t18-/m1/s1. The van der Waals surface area contributed by atoms with Crippen LogP contribution in [0, 0.1) is 0 Å². The Morgan fingerprint density at radius 2 is 1.73 bits per heavy atom. The van der Waals surface area contributed by atoms with Crippen LogP contribution < -0.4 is 5.32 Å². The van der Waals surface area contributed by atoms with Gasteiger partial charge in [0.25, 0.3) is 0 Å². The molecule has 1 atom stereocenters. The van der Waals surface area contributed by atoms with Crippen molar-refractivity contribution in [2.24, 2.45) is 0 Å². The quantitative estimate of drug-likeness (QED) is 0.643. The van der Waals surface area contributed by atoms with Gasteiger partial charge in [0.2, 0.25) is 10.9 Å². The number of hydrogen-bond donors (Lipinski definition) is 2. The molecule has 4 rings (SSSR count). The first kappa shape index (κ1) is 23.6. The van der Waals surface area contributed by atoms with Crippen LogP contribution >= 0.6 is 0 Å². The molecule has 180 valence electrons. The van der Waals surface area contributed by atoms with E-state index in [1.54, 1.807) is 31.7 Å². The molecular formula is C24H33N3O5S. The van der Waals surface area contributed by atoms with E-state index in [2.05, 4.69) is 11.4 Å². The van der Waals surface area contributed by atoms with Crippen LogP contribution in [0.5, 0.6) is 0 Å². The Morgan fingerprint density at radius 1 is 1.09 bits per heavy atom. The Hall–Kier alpha value is -2.55. The second kappa shape index (κ2) is 9.37. The van der Waals surface area contributed by atoms with Gasteiger partial charge in [0.05, 0.1) is 6.04 Å². The molecule has 0 radical (unpaired) electrons. The third-order valence-electron chi connectivity index (χ3n) is 6.47. The molecule has 1 heterocycles. The lowest BCUT2D eigenvalue weighted by molar-refractivity contribution is 0.0255. The number of amides is 3. The fourth-order valence-corrected chi connectivity index (χ4v) is 5.43. The fourth-order valence-electron chi connectivity index (χ4n) is 5.05. The molecule has 0 saturated carbocycles. The summed E-state index contributed by atoms with van der Waals surface area (Å²) >= 11 is 0. The van der Waals surface area contributed by atoms with Gasteiger partial charge in [-0.2, -0.15) is 4.31 Å². The summed E-state index contributed by atoms with van der Waals surface area (Å²) in [6.07, 6.45) is 9.75. The second-order valence-corrected chi connectivity index (χ2v) is 10.9. The first-order valence-corrected chi connectivity index (χ1v) is 12.9. The number of benzene rings is 1. The van der Waals surface area contributed by atoms with Gasteiger partial charge in [-0.15, -0.1) is 0 Å². The number of carbonyl (C=O) groups excluding carboxylic acids is 2. The van der Waals surface area contributed by atoms with E-state index in [1.807, 2.05) is 0 Å². The summed E-state index contributed by atoms with van der Waals surface area (Å²) in [5.74, 6) is 0. The van der Waals surface area contributed by atoms with Crippen molar-refractivity contribution >= 4 is 28.7 Å². The number of likely N-dealkylation sites (tertiary alicyclic amines) is 1. The number of nitrogens with one attached hydrogen (secondary N) is 1. The van der Waals surface area contributed by atoms with Crippen LogP contribution in [0.1, 0.15) is 68.7 Å². The number of hydrogen-bond acceptors (Lipinski definition) is 5. The van der Waals surface area contributed by atoms with Crippen molar-refractivity contribution < 1.29 is 22.7 Å². The van der Waals surface area contributed by atoms with E-state index in [-0.39, 0.29) is 6.04 Å². The van der Waals surface area contributed by atoms with Crippen LogP contribution in [0.25, 0.3) is 0 Å². The van der Waals surface area contributed by atoms with E-state index in [4.69, 9.17) is 4.74 Å². The van der Waals surface area contributed by atoms with Gasteiger partial charge in [-0.3, -0.25) is 0 Å². The predicted octanol–water partition coefficient (Wildman–Crippen LogP) is 3.94. The van der Waals surface area contributed by atoms with E-state index in [9.17, 15) is 18.0 Å². The topological polar surface area (TPSA) is 96.0 Å². The minimum Gasteiger partial charge on any atom is -0.444 e. The number of fused-ring (bicyclic) bond motifs is 2. The highest BCUT2D eigenvalue weighted by atomic mass is 32.2. The maximum atomic E-state index is 13.0. The van der Waals surface area contributed by atoms with E-state index in [1.165, 1.54) is 17.3 Å². The van der Waals surface area contributed by atoms with E-state index in [0.29, 0.717) is 17.3 Å². The van der Waals surface area contributed by atoms with E-state index in [0.717, 1.165) is 61.8 Å². The van der Waals surface area contributed by atoms with Gasteiger partial charge < -0.3 is 15.0 Å². The van der Waals surface area contributed by atoms with Gasteiger partial charge in [0.1, 0.15) is 5.60 Å². The molecule has 0 aromatic heterocycles. The molecule has 33 heavy (non-hydrogen) atoms. The zero-order chi connectivity index (χ0) is 23.8. The Morgan fingerprint density at radius 3 is 2.30 bits per heavy atom. The lowest BCUT2D eigenvalue weighted by atomic mass is 9.99. The Balaban J connectivity index is 1.51. The monoisotopic (exact) mass is 475 g/mol. The van der Waals surface area contributed by atoms with Gasteiger partial charge in [-0.05, 0) is 100 Å². The van der Waals surface area contributed by atoms with Crippen molar-refractivity contribution in [1.82, 2.24) is 9.21 Å². The van der Waals surface area contributed by atoms with Gasteiger partial charge >= 0.3 is 12.1 Å². The van der Waals surface area contributed by atoms with E-state index >= 15 is 0 Å². The number of anilines is 1. The van der Waals surface area contributed by atoms with Gasteiger partial charge in [0, 0.05) is 18.4 Å². The molecule has 2 aliphatic carbocycles. The van der Waals surface area contributed by atoms with Crippen LogP contribution in [0.4, 0.5) is 15.3 Å². The minimum atomic E-state index is -3.18. The van der Waals surface area contributed by atoms with Crippen molar-refractivity contribution in [2.75, 3.05) is 11.9 Å². The van der Waals surface area contributed by atoms with Crippen LogP contribution in [0.15, 0.2) is 18.3 Å². The summed E-state index contributed by atoms with van der Waals surface area (Å²) in [6, 6.07) is 1.24. The molecule has 1 saturated heterocycles. The normalized spacial score (nSPS) is 19.8. The number of urea groups is 1. The Kier molecular flexibility index (Phi) is 6.70. The van der Waals surface area contributed by atoms with Crippen molar-refractivity contribution in [2.45, 2.75) is 83.8 Å². The lowest BCUT2D eigenvalue weighted by Gasteiger charge is -2.27. The molecule has 9 heteroatoms. The molecular weight excluding hydrogens is 442 g/mol. The summed E-state index contributed by atoms with van der Waals surface area (Å²) in [5.41, 5.74) is 4.99. The fraction of sp³-hybridized carbons (Fsp3) is 0.583. The summed E-state index contributed by atoms with van der Waals surface area (Å²) in [5, 5.41) is 2.91. The highest BCUT2D eigenvalue weighted by Crippen LogP contribution is 2.38. The summed E-state index contributed by atoms with van der Waals surface area (Å²) in [4.78, 5) is 27.1. The number of carbonyl (C=O) groups is 2. The van der Waals surface area contributed by atoms with Crippen LogP contribution in [-0.2, 0) is 41.3 Å². The molecule has 0 spiro atoms. The molecule has 1 aliphatic heterocycles. The first-order chi connectivity index (χ1) is 15.6. The summed E-state index contributed by atoms with van der Waals surface area (Å²) in [7, 11) is -3.18. The molecule has 8 nitrogen and oxygen atoms in total. The number of aryl methyl sites for hydroxylation is 2. The van der Waals surface area contributed by atoms with Gasteiger partial charge in [-0.1, -0.05) is 6.07 Å². The molecule has 1 aromatic rings. The van der Waals surface area contributed by atoms with Gasteiger partial charge in [-0.25, -0.2) is 18.0 Å². The smallest absolute Gasteiger partial charge is 0.410 e. The largest absolute Gasteiger partial charge is 0.444 e. The molecule has 3 amide bonds. The van der Waals surface area contributed by atoms with Crippen molar-refractivity contribution in [3.8, 4) is 0 Å². The number of thiol groups is 1. The molecule has 1 N–H and O–H groups in total. The molecule has 1 aromatic carbocycles. The Labute approximate surface area is 197 Å². The highest BCUT2D eigenvalue weighted by molar-refractivity contribution is 7.70. The third-order valence-corrected chi connectivity index (χ3v) is 7.13. The van der Waals surface area contributed by atoms with Gasteiger partial charge in [0.15, 0.2) is 0 Å². The predicted molar refractivity (Wildman–Crippen MR) is 127 cm³/mol. The van der Waals surface area contributed by atoms with Crippen molar-refractivity contribution in [3.63, 3.8) is 0 Å². The first-order valence-electron chi connectivity index (χ1n) is 11.7. The molecule has 3 aliphatic rings. The van der Waals surface area contributed by atoms with Crippen LogP contribution in [-0.4, -0.2) is 47.9 Å². The Bertz CT molecular complexity index is 1020. The zero-order valence-electron chi connectivity index (χ0n) is 19.6. The SMILES string of the molecule is CC(C)(C)OC(=O)N1CCC[C@@H]1/C=C/N(C(=O)Nc1c2c(cc3c1CCC3)CCC2)[SH](=O)=O. The minimum absolute atomic E-state index is 0.324. The number of nitrogens with zero attached hydrogens (tertiary/aromatic N) is 2. The zero-order valence-corrected chi connectivity index (χ0v) is 20.5. The maximum Gasteiger partial charge on any atom is 0.410 e. The van der Waals surface area contributed by atoms with Crippen LogP contribution in [0.2, 0.25) is 0 Å². The molecule has 0 bridgehead atoms. The maximum absolute atomic E-state index is 13.0. The van der Waals surface area contributed by atoms with Crippen molar-refractivity contribution in [1.29, 1.82) is 0 Å².